The summed E-state index contributed by atoms with van der Waals surface area (Å²) >= 11 is 23.9. The van der Waals surface area contributed by atoms with E-state index in [1.54, 1.807) is 140 Å². The van der Waals surface area contributed by atoms with Gasteiger partial charge in [0.2, 0.25) is 23.6 Å². The quantitative estimate of drug-likeness (QED) is 0.0240. The lowest BCUT2D eigenvalue weighted by atomic mass is 9.88. The lowest BCUT2D eigenvalue weighted by Crippen LogP contribution is -2.31. The number of hydrogen-bond acceptors (Lipinski definition) is 10. The Morgan fingerprint density at radius 3 is 0.800 bits per heavy atom. The monoisotopic (exact) mass is 1990 g/mol. The zero-order chi connectivity index (χ0) is 101. The van der Waals surface area contributed by atoms with E-state index in [-0.39, 0.29) is 120 Å². The number of nitrogens with two attached hydrogens (primary N) is 4. The van der Waals surface area contributed by atoms with Crippen LogP contribution in [0.25, 0.3) is 0 Å². The van der Waals surface area contributed by atoms with Gasteiger partial charge in [-0.2, -0.15) is 0 Å². The highest BCUT2D eigenvalue weighted by Gasteiger charge is 2.26. The number of halogens is 13. The van der Waals surface area contributed by atoms with E-state index in [0.29, 0.717) is 122 Å². The smallest absolute Gasteiger partial charge is 0.223 e. The highest BCUT2D eigenvalue weighted by Crippen LogP contribution is 2.37. The lowest BCUT2D eigenvalue weighted by molar-refractivity contribution is -0.131. The van der Waals surface area contributed by atoms with E-state index in [0.717, 1.165) is 34.6 Å². The highest BCUT2D eigenvalue weighted by atomic mass is 35.5. The molecule has 27 heteroatoms. The average Bonchev–Trinajstić information content (AvgIpc) is 0.839. The molecule has 4 amide bonds. The van der Waals surface area contributed by atoms with Crippen LogP contribution in [0.5, 0.6) is 17.2 Å². The van der Waals surface area contributed by atoms with Crippen molar-refractivity contribution in [3.63, 3.8) is 0 Å². The molecule has 0 saturated heterocycles. The van der Waals surface area contributed by atoms with E-state index in [2.05, 4.69) is 5.32 Å². The van der Waals surface area contributed by atoms with Crippen molar-refractivity contribution in [1.82, 2.24) is 15.1 Å². The van der Waals surface area contributed by atoms with Crippen LogP contribution in [0.15, 0.2) is 346 Å². The second-order valence-corrected chi connectivity index (χ2v) is 33.9. The first-order valence-corrected chi connectivity index (χ1v) is 46.9. The van der Waals surface area contributed by atoms with Gasteiger partial charge in [0.15, 0.2) is 0 Å². The number of carbonyl (C=O) groups is 4. The van der Waals surface area contributed by atoms with Crippen LogP contribution < -0.4 is 42.5 Å². The summed E-state index contributed by atoms with van der Waals surface area (Å²) in [7, 11) is 3.33. The number of rotatable bonds is 34. The molecule has 3 unspecified atom stereocenters. The van der Waals surface area contributed by atoms with E-state index >= 15 is 0 Å². The van der Waals surface area contributed by atoms with Crippen LogP contribution in [0.4, 0.5) is 39.5 Å². The molecular formula is C113H114Cl4F9N7O7. The maximum Gasteiger partial charge on any atom is 0.223 e. The third kappa shape index (κ3) is 39.2. The van der Waals surface area contributed by atoms with Crippen LogP contribution in [0.1, 0.15) is 169 Å². The van der Waals surface area contributed by atoms with Gasteiger partial charge in [0.1, 0.15) is 87.9 Å². The summed E-state index contributed by atoms with van der Waals surface area (Å²) in [5.41, 5.74) is 30.3. The molecule has 14 aromatic carbocycles. The average molecular weight is 1990 g/mol. The molecule has 140 heavy (non-hydrogen) atoms. The first-order valence-electron chi connectivity index (χ1n) is 45.3. The largest absolute Gasteiger partial charge is 0.486 e. The molecule has 0 saturated carbocycles. The van der Waals surface area contributed by atoms with Crippen molar-refractivity contribution < 1.29 is 72.9 Å². The number of carbonyl (C=O) groups excluding carboxylic acids is 4. The highest BCUT2D eigenvalue weighted by molar-refractivity contribution is 6.31. The SMILES string of the molecule is CCN(CC)C(=O)CC(c1cccc(F)c1)c1cccc(F)c1.CCNC(=O)CC(c1cccc(F)c1)c1cccc(F)c1.CN(C)C(=O)CC(c1cccc(F)c1)c1cccc(F)c1.NC(=O)CC(c1cccc(F)c1)c1cccc(F)c1.NCCC(Oc1cccc(Cl)c1)c1cccc(Cl)c1.NCCC(Oc1cccc(F)c1)c1cccc(Cl)c1.NCCC(Oc1ccccc1)c1cccc(Cl)c1. The number of benzene rings is 14. The fourth-order valence-corrected chi connectivity index (χ4v) is 15.7. The van der Waals surface area contributed by atoms with E-state index in [1.165, 1.54) is 114 Å². The Morgan fingerprint density at radius 2 is 0.536 bits per heavy atom. The van der Waals surface area contributed by atoms with E-state index < -0.39 is 23.5 Å². The lowest BCUT2D eigenvalue weighted by Gasteiger charge is -2.23. The third-order valence-electron chi connectivity index (χ3n) is 21.7. The van der Waals surface area contributed by atoms with Gasteiger partial charge in [-0.1, -0.05) is 210 Å². The van der Waals surface area contributed by atoms with Gasteiger partial charge in [-0.05, 0) is 278 Å². The number of hydrogen-bond donors (Lipinski definition) is 5. The number of nitrogens with one attached hydrogen (secondary N) is 1. The summed E-state index contributed by atoms with van der Waals surface area (Å²) in [4.78, 5) is 50.7. The number of amides is 4. The van der Waals surface area contributed by atoms with Crippen LogP contribution in [0.2, 0.25) is 20.1 Å². The summed E-state index contributed by atoms with van der Waals surface area (Å²) in [5, 5.41) is 5.41. The zero-order valence-corrected chi connectivity index (χ0v) is 81.1. The molecule has 3 atom stereocenters. The minimum atomic E-state index is -0.515. The maximum absolute atomic E-state index is 13.6. The molecule has 0 heterocycles. The van der Waals surface area contributed by atoms with Crippen molar-refractivity contribution in [2.45, 2.75) is 108 Å². The molecule has 9 N–H and O–H groups in total. The van der Waals surface area contributed by atoms with Crippen LogP contribution in [-0.2, 0) is 19.2 Å². The normalized spacial score (nSPS) is 11.3. The molecule has 0 bridgehead atoms. The van der Waals surface area contributed by atoms with E-state index in [1.807, 2.05) is 136 Å². The van der Waals surface area contributed by atoms with E-state index in [9.17, 15) is 58.7 Å². The number of nitrogens with zero attached hydrogens (tertiary/aromatic N) is 2. The van der Waals surface area contributed by atoms with Crippen LogP contribution in [-0.4, -0.2) is 86.8 Å². The Morgan fingerprint density at radius 1 is 0.293 bits per heavy atom. The second kappa shape index (κ2) is 59.9. The van der Waals surface area contributed by atoms with E-state index in [4.69, 9.17) is 83.5 Å². The Hall–Kier alpha value is -13.2. The van der Waals surface area contributed by atoms with Gasteiger partial charge in [0, 0.05) is 129 Å². The number of para-hydroxylation sites is 1. The maximum atomic E-state index is 13.6. The van der Waals surface area contributed by atoms with Gasteiger partial charge in [0.25, 0.3) is 0 Å². The number of ether oxygens (including phenoxy) is 3. The molecule has 0 aliphatic rings. The number of primary amides is 1. The molecule has 0 radical (unpaired) electrons. The van der Waals surface area contributed by atoms with Gasteiger partial charge in [0.05, 0.1) is 0 Å². The fourth-order valence-electron chi connectivity index (χ4n) is 14.9. The molecule has 14 nitrogen and oxygen atoms in total. The molecule has 0 aromatic heterocycles. The summed E-state index contributed by atoms with van der Waals surface area (Å²) in [6.45, 7) is 9.02. The van der Waals surface area contributed by atoms with Crippen molar-refractivity contribution in [2.75, 3.05) is 53.4 Å². The van der Waals surface area contributed by atoms with Crippen LogP contribution >= 0.6 is 46.4 Å². The molecular weight excluding hydrogens is 1880 g/mol. The minimum absolute atomic E-state index is 0.00685. The molecule has 734 valence electrons. The molecule has 14 aromatic rings. The third-order valence-corrected chi connectivity index (χ3v) is 22.6. The molecule has 14 rings (SSSR count). The summed E-state index contributed by atoms with van der Waals surface area (Å²) < 4.78 is 138. The minimum Gasteiger partial charge on any atom is -0.486 e. The van der Waals surface area contributed by atoms with Gasteiger partial charge in [-0.15, -0.1) is 0 Å². The van der Waals surface area contributed by atoms with Gasteiger partial charge >= 0.3 is 0 Å². The Labute approximate surface area is 833 Å². The Bertz CT molecular complexity index is 5910. The van der Waals surface area contributed by atoms with Crippen LogP contribution in [0.3, 0.4) is 0 Å². The summed E-state index contributed by atoms with van der Waals surface area (Å²) in [6, 6.07) is 94.3. The van der Waals surface area contributed by atoms with Crippen molar-refractivity contribution in [1.29, 1.82) is 0 Å². The predicted octanol–water partition coefficient (Wildman–Crippen LogP) is 26.7. The Kier molecular flexibility index (Phi) is 48.0. The standard InChI is InChI=1S/C19H21F2NO.2C17H17F2NO.C15H15Cl2NO.C15H15ClFNO.C15H16ClNO.C15H13F2NO/c1-3-22(4-2)19(23)13-18(14-7-5-9-16(20)11-14)15-8-6-10-17(21)12-15;1-20(2)17(21)11-16(12-5-3-7-14(18)9-12)13-6-4-8-15(19)10-13;1-2-20-17(21)11-16(12-5-3-7-14(18)9-12)13-6-4-8-15(19)10-13;2*16-12-4-1-3-11(9-12)15(7-8-18)19-14-6-2-5-13(17)10-14;16-13-6-4-5-12(11-13)15(9-10-17)18-14-7-2-1-3-8-14;16-12-5-1-3-10(7-12)14(9-15(18)19)11-4-2-6-13(17)8-11/h5-12,18H,3-4,13H2,1-2H3;3-10,16H,11H2,1-2H3;3-10,16H,2,11H2,1H3,(H,20,21);2*1-6,9-10,15H,7-8,18H2;1-8,11,15H,9-10,17H2;1-8,14H,9H2,(H2,18,19). The molecule has 0 aliphatic heterocycles. The van der Waals surface area contributed by atoms with Crippen molar-refractivity contribution in [3.05, 3.63) is 479 Å². The zero-order valence-electron chi connectivity index (χ0n) is 78.1. The van der Waals surface area contributed by atoms with Crippen LogP contribution in [0, 0.1) is 52.4 Å². The summed E-state index contributed by atoms with van der Waals surface area (Å²) in [5.74, 6) is -3.59. The van der Waals surface area contributed by atoms with Crippen molar-refractivity contribution >= 4 is 70.0 Å². The fraction of sp³-hybridized carbons (Fsp3) is 0.221. The first-order chi connectivity index (χ1) is 67.3. The van der Waals surface area contributed by atoms with Crippen molar-refractivity contribution in [3.8, 4) is 17.2 Å². The molecule has 0 fully saturated rings. The van der Waals surface area contributed by atoms with Gasteiger partial charge in [-0.3, -0.25) is 19.2 Å². The summed E-state index contributed by atoms with van der Waals surface area (Å²) in [6.07, 6.45) is 2.21. The first kappa shape index (κ1) is 112. The van der Waals surface area contributed by atoms with Gasteiger partial charge < -0.3 is 52.3 Å². The predicted molar refractivity (Wildman–Crippen MR) is 541 cm³/mol. The van der Waals surface area contributed by atoms with Gasteiger partial charge in [-0.25, -0.2) is 39.5 Å². The topological polar surface area (TPSA) is 219 Å². The Balaban J connectivity index is 0.000000200. The molecule has 0 spiro atoms. The van der Waals surface area contributed by atoms with Crippen molar-refractivity contribution in [2.24, 2.45) is 22.9 Å². The molecule has 0 aliphatic carbocycles. The second-order valence-electron chi connectivity index (χ2n) is 32.2.